The number of hydrogen-bond donors (Lipinski definition) is 0. The number of hydrogen-bond acceptors (Lipinski definition) is 6. The number of para-hydroxylation sites is 6. The topological polar surface area (TPSA) is 92.9 Å². The van der Waals surface area contributed by atoms with Gasteiger partial charge in [0.2, 0.25) is 0 Å². The Bertz CT molecular complexity index is 10700. The lowest BCUT2D eigenvalue weighted by Gasteiger charge is -2.18. The van der Waals surface area contributed by atoms with Gasteiger partial charge in [0, 0.05) is 61.4 Å². The minimum Gasteiger partial charge on any atom is -0.456 e. The molecular formula is C138H88N6O3. The molecule has 0 aliphatic heterocycles. The van der Waals surface area contributed by atoms with Crippen LogP contribution < -0.4 is 0 Å². The normalized spacial score (nSPS) is 11.9. The summed E-state index contributed by atoms with van der Waals surface area (Å²) in [5.74, 6) is 2.99. The molecule has 6 heterocycles. The molecule has 688 valence electrons. The fraction of sp³-hybridized carbons (Fsp3) is 0.0217. The Morgan fingerprint density at radius 2 is 0.442 bits per heavy atom. The molecule has 0 N–H and O–H groups in total. The quantitative estimate of drug-likeness (QED) is 0.120. The summed E-state index contributed by atoms with van der Waals surface area (Å²) in [5, 5.41) is 29.0. The number of aromatic nitrogens is 6. The molecule has 0 bridgehead atoms. The summed E-state index contributed by atoms with van der Waals surface area (Å²) in [6.45, 7) is 4.24. The summed E-state index contributed by atoms with van der Waals surface area (Å²) >= 11 is 0. The van der Waals surface area contributed by atoms with Gasteiger partial charge in [-0.1, -0.05) is 365 Å². The van der Waals surface area contributed by atoms with Crippen LogP contribution in [0, 0.1) is 6.92 Å². The Balaban J connectivity index is 0.000000104. The van der Waals surface area contributed by atoms with E-state index in [1.807, 2.05) is 12.1 Å². The molecular weight excluding hydrogens is 1790 g/mol. The Kier molecular flexibility index (Phi) is 19.7. The molecule has 0 atom stereocenters. The Hall–Kier alpha value is -19.4. The molecule has 6 aromatic heterocycles. The van der Waals surface area contributed by atoms with Gasteiger partial charge >= 0.3 is 0 Å². The van der Waals surface area contributed by atoms with Crippen molar-refractivity contribution in [1.82, 2.24) is 28.7 Å². The number of furan rings is 3. The third-order valence-electron chi connectivity index (χ3n) is 30.2. The smallest absolute Gasteiger partial charge is 0.145 e. The van der Waals surface area contributed by atoms with Crippen LogP contribution in [-0.2, 0) is 6.42 Å². The lowest BCUT2D eigenvalue weighted by Crippen LogP contribution is -2.00. The molecule has 9 heteroatoms. The predicted octanol–water partition coefficient (Wildman–Crippen LogP) is 37.7. The van der Waals surface area contributed by atoms with Crippen molar-refractivity contribution in [3.63, 3.8) is 0 Å². The van der Waals surface area contributed by atoms with Gasteiger partial charge < -0.3 is 13.3 Å². The molecule has 0 unspecified atom stereocenters. The first kappa shape index (κ1) is 84.5. The zero-order valence-electron chi connectivity index (χ0n) is 80.3. The van der Waals surface area contributed by atoms with E-state index in [2.05, 4.69) is 501 Å². The number of aryl methyl sites for hydroxylation is 2. The van der Waals surface area contributed by atoms with Gasteiger partial charge in [-0.15, -0.1) is 0 Å². The maximum atomic E-state index is 6.39. The minimum absolute atomic E-state index is 0.865. The third-order valence-corrected chi connectivity index (χ3v) is 30.2. The molecule has 25 aromatic carbocycles. The lowest BCUT2D eigenvalue weighted by molar-refractivity contribution is 0.669. The van der Waals surface area contributed by atoms with Crippen molar-refractivity contribution in [2.45, 2.75) is 20.3 Å². The lowest BCUT2D eigenvalue weighted by atomic mass is 9.85. The maximum Gasteiger partial charge on any atom is 0.145 e. The number of benzene rings is 25. The number of nitrogens with zero attached hydrogens (tertiary/aromatic N) is 6. The molecule has 0 saturated heterocycles. The van der Waals surface area contributed by atoms with E-state index in [4.69, 9.17) is 28.2 Å². The monoisotopic (exact) mass is 1880 g/mol. The largest absolute Gasteiger partial charge is 0.456 e. The minimum atomic E-state index is 0.865. The molecule has 0 radical (unpaired) electrons. The van der Waals surface area contributed by atoms with Crippen LogP contribution in [0.15, 0.2) is 499 Å². The first-order valence-electron chi connectivity index (χ1n) is 50.4. The summed E-state index contributed by atoms with van der Waals surface area (Å²) in [7, 11) is 0. The van der Waals surface area contributed by atoms with Gasteiger partial charge in [0.05, 0.1) is 33.1 Å². The second-order valence-electron chi connectivity index (χ2n) is 38.4. The van der Waals surface area contributed by atoms with Crippen molar-refractivity contribution in [3.05, 3.63) is 497 Å². The van der Waals surface area contributed by atoms with Gasteiger partial charge in [0.25, 0.3) is 0 Å². The molecule has 147 heavy (non-hydrogen) atoms. The molecule has 31 aromatic rings. The molecule has 0 saturated carbocycles. The maximum absolute atomic E-state index is 6.39. The average Bonchev–Trinajstić information content (AvgIpc) is 1.69. The molecule has 0 aliphatic carbocycles. The SMILES string of the molecule is CCc1nc2ccccc2n1-c1ccc(-c2c3ccccc3c(-c3ccc4oc5ccc6ccccc6c5c4c3)c3ccccc23)cc1.Cc1nc2ccccc2n1-c1ccc(-c2c3ccccc3c(-c3ccc4oc5ccc6ccccc6c5c4c3)c3ccccc23)cc1.c1ccc(-c2nc3ccccc3n2-c2ccc(-c3c4ccccc4c(-c4ccc5oc6ccc7ccccc7c6c5c4)c4ccccc34)cc2)cc1. The van der Waals surface area contributed by atoms with Crippen LogP contribution in [0.5, 0.6) is 0 Å². The average molecular weight is 1880 g/mol. The van der Waals surface area contributed by atoms with E-state index >= 15 is 0 Å². The van der Waals surface area contributed by atoms with Gasteiger partial charge in [-0.3, -0.25) is 13.7 Å². The zero-order valence-corrected chi connectivity index (χ0v) is 80.3. The third kappa shape index (κ3) is 13.7. The predicted molar refractivity (Wildman–Crippen MR) is 615 cm³/mol. The fourth-order valence-electron chi connectivity index (χ4n) is 23.8. The van der Waals surface area contributed by atoms with Gasteiger partial charge in [-0.2, -0.15) is 0 Å². The van der Waals surface area contributed by atoms with Crippen molar-refractivity contribution < 1.29 is 13.3 Å². The highest BCUT2D eigenvalue weighted by molar-refractivity contribution is 6.29. The van der Waals surface area contributed by atoms with Gasteiger partial charge in [-0.25, -0.2) is 15.0 Å². The summed E-state index contributed by atoms with van der Waals surface area (Å²) in [4.78, 5) is 14.8. The molecule has 0 aliphatic rings. The summed E-state index contributed by atoms with van der Waals surface area (Å²) < 4.78 is 25.9. The van der Waals surface area contributed by atoms with Crippen LogP contribution in [0.4, 0.5) is 0 Å². The van der Waals surface area contributed by atoms with Crippen molar-refractivity contribution in [1.29, 1.82) is 0 Å². The van der Waals surface area contributed by atoms with E-state index < -0.39 is 0 Å². The second-order valence-corrected chi connectivity index (χ2v) is 38.4. The summed E-state index contributed by atoms with van der Waals surface area (Å²) in [6.07, 6.45) is 0.865. The van der Waals surface area contributed by atoms with Crippen LogP contribution in [0.2, 0.25) is 0 Å². The number of rotatable bonds is 11. The highest BCUT2D eigenvalue weighted by atomic mass is 16.3. The van der Waals surface area contributed by atoms with Gasteiger partial charge in [0.15, 0.2) is 0 Å². The van der Waals surface area contributed by atoms with E-state index in [0.717, 1.165) is 129 Å². The van der Waals surface area contributed by atoms with Crippen LogP contribution in [0.1, 0.15) is 18.6 Å². The van der Waals surface area contributed by atoms with Crippen molar-refractivity contribution in [3.8, 4) is 95.2 Å². The van der Waals surface area contributed by atoms with E-state index in [-0.39, 0.29) is 0 Å². The van der Waals surface area contributed by atoms with Crippen LogP contribution >= 0.6 is 0 Å². The highest BCUT2D eigenvalue weighted by Crippen LogP contribution is 2.52. The number of fused-ring (bicyclic) bond motifs is 24. The van der Waals surface area contributed by atoms with E-state index in [0.29, 0.717) is 0 Å². The van der Waals surface area contributed by atoms with Crippen LogP contribution in [-0.4, -0.2) is 28.7 Å². The van der Waals surface area contributed by atoms with E-state index in [1.165, 1.54) is 180 Å². The molecule has 0 amide bonds. The van der Waals surface area contributed by atoms with E-state index in [1.54, 1.807) is 0 Å². The highest BCUT2D eigenvalue weighted by Gasteiger charge is 2.27. The van der Waals surface area contributed by atoms with Gasteiger partial charge in [-0.05, 0) is 298 Å². The van der Waals surface area contributed by atoms with E-state index in [9.17, 15) is 0 Å². The van der Waals surface area contributed by atoms with Gasteiger partial charge in [0.1, 0.15) is 51.0 Å². The first-order valence-corrected chi connectivity index (χ1v) is 50.4. The molecule has 0 spiro atoms. The molecule has 0 fully saturated rings. The zero-order chi connectivity index (χ0) is 97.0. The fourth-order valence-corrected chi connectivity index (χ4v) is 23.8. The van der Waals surface area contributed by atoms with Crippen molar-refractivity contribution in [2.75, 3.05) is 0 Å². The van der Waals surface area contributed by atoms with Crippen LogP contribution in [0.25, 0.3) is 291 Å². The molecule has 9 nitrogen and oxygen atoms in total. The second kappa shape index (κ2) is 34.2. The number of imidazole rings is 3. The Morgan fingerprint density at radius 1 is 0.190 bits per heavy atom. The van der Waals surface area contributed by atoms with Crippen LogP contribution in [0.3, 0.4) is 0 Å². The summed E-state index contributed by atoms with van der Waals surface area (Å²) in [5.41, 5.74) is 30.8. The van der Waals surface area contributed by atoms with Crippen molar-refractivity contribution in [2.24, 2.45) is 0 Å². The Labute approximate surface area is 844 Å². The first-order chi connectivity index (χ1) is 72.8. The molecule has 31 rings (SSSR count). The standard InChI is InChI=1S/C49H30N2O.C45H30N2O.C44H28N2O/c1-2-13-33(14-3-1)49-50-42-20-10-11-21-43(42)51(49)35-26-22-32(23-27-35)46-37-16-6-8-18-39(37)47(40-19-9-7-17-38(40)46)34-25-28-44-41(30-34)48-36-15-5-4-12-31(36)24-29-45(48)52-44;1-2-42-46-38-17-9-10-18-39(38)47(42)31-23-19-29(20-24-31)43-33-13-5-7-15-35(33)44(36-16-8-6-14-34(36)43)30-22-25-40-37(27-30)45-32-12-4-3-11-28(32)21-26-41(45)48-40;1-27-45-38-16-8-9-17-39(38)46(27)31-22-18-29(19-23-31)42-33-12-4-6-14-35(33)43(36-15-7-5-13-34(36)42)30-21-24-40-37(26-30)44-32-11-3-2-10-28(32)20-25-41(44)47-40/h1-30H;3-27H,2H2,1H3;2-26H,1H3. The Morgan fingerprint density at radius 3 is 0.782 bits per heavy atom. The summed E-state index contributed by atoms with van der Waals surface area (Å²) in [6, 6.07) is 174. The van der Waals surface area contributed by atoms with Crippen molar-refractivity contribution >= 4 is 196 Å².